The van der Waals surface area contributed by atoms with Gasteiger partial charge in [0.15, 0.2) is 6.10 Å². The minimum absolute atomic E-state index is 0.273. The van der Waals surface area contributed by atoms with Crippen LogP contribution in [0.15, 0.2) is 48.5 Å². The first-order valence-corrected chi connectivity index (χ1v) is 11.3. The molecule has 0 aliphatic rings. The van der Waals surface area contributed by atoms with Gasteiger partial charge in [-0.15, -0.1) is 0 Å². The van der Waals surface area contributed by atoms with Gasteiger partial charge in [-0.3, -0.25) is 0 Å². The maximum Gasteiger partial charge on any atom is 0.333 e. The number of benzene rings is 2. The lowest BCUT2D eigenvalue weighted by Gasteiger charge is -2.23. The van der Waals surface area contributed by atoms with Crippen LogP contribution in [0.1, 0.15) is 38.7 Å². The van der Waals surface area contributed by atoms with Crippen molar-refractivity contribution < 1.29 is 28.6 Å². The quantitative estimate of drug-likeness (QED) is 0.389. The number of hydrogen-bond donors (Lipinski definition) is 2. The zero-order chi connectivity index (χ0) is 24.1. The average Bonchev–Trinajstić information content (AvgIpc) is 2.79. The first-order chi connectivity index (χ1) is 15.9. The second-order valence-corrected chi connectivity index (χ2v) is 7.61. The minimum Gasteiger partial charge on any atom is -0.492 e. The number of carboxylic acid groups (broad SMARTS) is 1. The highest BCUT2D eigenvalue weighted by atomic mass is 19.1. The molecule has 2 amide bonds. The molecule has 2 N–H and O–H groups in total. The number of anilines is 1. The Hall–Kier alpha value is -3.13. The van der Waals surface area contributed by atoms with Gasteiger partial charge in [-0.25, -0.2) is 14.0 Å². The van der Waals surface area contributed by atoms with E-state index in [1.807, 2.05) is 0 Å². The van der Waals surface area contributed by atoms with E-state index in [0.717, 1.165) is 24.8 Å². The maximum atomic E-state index is 13.4. The lowest BCUT2D eigenvalue weighted by Crippen LogP contribution is -2.38. The van der Waals surface area contributed by atoms with Crippen LogP contribution < -0.4 is 10.1 Å². The smallest absolute Gasteiger partial charge is 0.333 e. The van der Waals surface area contributed by atoms with Gasteiger partial charge < -0.3 is 24.8 Å². The molecule has 0 aliphatic carbocycles. The number of nitrogens with one attached hydrogen (secondary N) is 1. The number of ether oxygens (including phenoxy) is 2. The van der Waals surface area contributed by atoms with Gasteiger partial charge in [0, 0.05) is 25.3 Å². The van der Waals surface area contributed by atoms with Crippen LogP contribution in [0.4, 0.5) is 14.9 Å². The highest BCUT2D eigenvalue weighted by molar-refractivity contribution is 5.89. The summed E-state index contributed by atoms with van der Waals surface area (Å²) in [5.74, 6) is -0.772. The van der Waals surface area contributed by atoms with E-state index < -0.39 is 17.9 Å². The third kappa shape index (κ3) is 9.49. The van der Waals surface area contributed by atoms with E-state index >= 15 is 0 Å². The molecule has 180 valence electrons. The predicted octanol–water partition coefficient (Wildman–Crippen LogP) is 4.96. The van der Waals surface area contributed by atoms with Crippen molar-refractivity contribution in [3.05, 3.63) is 59.9 Å². The molecule has 0 fully saturated rings. The molecule has 2 aromatic rings. The number of halogens is 1. The summed E-state index contributed by atoms with van der Waals surface area (Å²) >= 11 is 0. The zero-order valence-corrected chi connectivity index (χ0v) is 19.3. The van der Waals surface area contributed by atoms with E-state index in [0.29, 0.717) is 37.7 Å². The van der Waals surface area contributed by atoms with Crippen LogP contribution in [0.25, 0.3) is 0 Å². The Balaban J connectivity index is 1.89. The Kier molecular flexibility index (Phi) is 11.2. The molecular formula is C25H33FN2O5. The van der Waals surface area contributed by atoms with E-state index in [1.54, 1.807) is 48.2 Å². The molecule has 2 rings (SSSR count). The van der Waals surface area contributed by atoms with Crippen molar-refractivity contribution >= 4 is 17.7 Å². The lowest BCUT2D eigenvalue weighted by molar-refractivity contribution is -0.149. The first-order valence-electron chi connectivity index (χ1n) is 11.3. The van der Waals surface area contributed by atoms with E-state index in [-0.39, 0.29) is 12.5 Å². The summed E-state index contributed by atoms with van der Waals surface area (Å²) in [7, 11) is 0. The average molecular weight is 461 g/mol. The normalized spacial score (nSPS) is 11.6. The fourth-order valence-corrected chi connectivity index (χ4v) is 3.26. The summed E-state index contributed by atoms with van der Waals surface area (Å²) in [5.41, 5.74) is 1.24. The zero-order valence-electron chi connectivity index (χ0n) is 19.3. The molecule has 1 unspecified atom stereocenters. The second kappa shape index (κ2) is 14.1. The van der Waals surface area contributed by atoms with Crippen LogP contribution in [-0.4, -0.2) is 54.4 Å². The molecule has 0 aliphatic heterocycles. The number of rotatable bonds is 14. The second-order valence-electron chi connectivity index (χ2n) is 7.61. The van der Waals surface area contributed by atoms with Crippen LogP contribution >= 0.6 is 0 Å². The van der Waals surface area contributed by atoms with Crippen LogP contribution in [0.2, 0.25) is 0 Å². The molecule has 1 atom stereocenters. The van der Waals surface area contributed by atoms with Gasteiger partial charge >= 0.3 is 12.0 Å². The number of nitrogens with zero attached hydrogens (tertiary/aromatic N) is 1. The molecule has 0 radical (unpaired) electrons. The molecule has 0 heterocycles. The largest absolute Gasteiger partial charge is 0.492 e. The number of carbonyl (C=O) groups is 2. The molecule has 7 nitrogen and oxygen atoms in total. The Morgan fingerprint density at radius 3 is 2.48 bits per heavy atom. The Morgan fingerprint density at radius 2 is 1.85 bits per heavy atom. The summed E-state index contributed by atoms with van der Waals surface area (Å²) in [6.07, 6.45) is 2.30. The fraction of sp³-hybridized carbons (Fsp3) is 0.440. The van der Waals surface area contributed by atoms with Crippen molar-refractivity contribution in [3.63, 3.8) is 0 Å². The van der Waals surface area contributed by atoms with Crippen LogP contribution in [-0.2, 0) is 16.0 Å². The molecule has 8 heteroatoms. The van der Waals surface area contributed by atoms with Crippen molar-refractivity contribution in [1.29, 1.82) is 0 Å². The van der Waals surface area contributed by atoms with Crippen molar-refractivity contribution in [1.82, 2.24) is 4.90 Å². The standard InChI is InChI=1S/C25H33FN2O5/c1-3-5-6-14-28(25(31)27-21-9-7-8-20(26)18-21)15-16-33-22-12-10-19(11-13-22)17-23(24(29)30)32-4-2/h7-13,18,23H,3-6,14-17H2,1-2H3,(H,27,31)(H,29,30). The minimum atomic E-state index is -0.989. The van der Waals surface area contributed by atoms with Crippen molar-refractivity contribution in [2.24, 2.45) is 0 Å². The van der Waals surface area contributed by atoms with Gasteiger partial charge in [-0.05, 0) is 49.2 Å². The molecule has 0 saturated heterocycles. The summed E-state index contributed by atoms with van der Waals surface area (Å²) < 4.78 is 24.4. The topological polar surface area (TPSA) is 88.1 Å². The summed E-state index contributed by atoms with van der Waals surface area (Å²) in [6.45, 7) is 5.43. The number of carbonyl (C=O) groups excluding carboxylic acids is 1. The van der Waals surface area contributed by atoms with Gasteiger partial charge in [0.25, 0.3) is 0 Å². The summed E-state index contributed by atoms with van der Waals surface area (Å²) in [5, 5.41) is 11.9. The molecule has 0 bridgehead atoms. The third-order valence-corrected chi connectivity index (χ3v) is 5.01. The molecule has 2 aromatic carbocycles. The number of unbranched alkanes of at least 4 members (excludes halogenated alkanes) is 2. The monoisotopic (exact) mass is 460 g/mol. The Bertz CT molecular complexity index is 875. The number of aliphatic carboxylic acids is 1. The predicted molar refractivity (Wildman–Crippen MR) is 125 cm³/mol. The molecular weight excluding hydrogens is 427 g/mol. The Morgan fingerprint density at radius 1 is 1.09 bits per heavy atom. The van der Waals surface area contributed by atoms with Crippen LogP contribution in [0, 0.1) is 5.82 Å². The number of amides is 2. The summed E-state index contributed by atoms with van der Waals surface area (Å²) in [6, 6.07) is 12.7. The summed E-state index contributed by atoms with van der Waals surface area (Å²) in [4.78, 5) is 25.6. The van der Waals surface area contributed by atoms with Gasteiger partial charge in [0.2, 0.25) is 0 Å². The maximum absolute atomic E-state index is 13.4. The molecule has 33 heavy (non-hydrogen) atoms. The number of carboxylic acids is 1. The highest BCUT2D eigenvalue weighted by Crippen LogP contribution is 2.15. The van der Waals surface area contributed by atoms with Crippen molar-refractivity contribution in [3.8, 4) is 5.75 Å². The van der Waals surface area contributed by atoms with Gasteiger partial charge in [0.1, 0.15) is 18.2 Å². The SMILES string of the molecule is CCCCCN(CCOc1ccc(CC(OCC)C(=O)O)cc1)C(=O)Nc1cccc(F)c1. The first kappa shape index (κ1) is 26.1. The van der Waals surface area contributed by atoms with Crippen molar-refractivity contribution in [2.45, 2.75) is 45.6 Å². The van der Waals surface area contributed by atoms with Crippen molar-refractivity contribution in [2.75, 3.05) is 31.6 Å². The highest BCUT2D eigenvalue weighted by Gasteiger charge is 2.18. The third-order valence-electron chi connectivity index (χ3n) is 5.01. The van der Waals surface area contributed by atoms with E-state index in [9.17, 15) is 19.1 Å². The molecule has 0 saturated carbocycles. The molecule has 0 aromatic heterocycles. The molecule has 0 spiro atoms. The number of hydrogen-bond acceptors (Lipinski definition) is 4. The van der Waals surface area contributed by atoms with Gasteiger partial charge in [-0.2, -0.15) is 0 Å². The van der Waals surface area contributed by atoms with E-state index in [2.05, 4.69) is 12.2 Å². The lowest BCUT2D eigenvalue weighted by atomic mass is 10.1. The van der Waals surface area contributed by atoms with E-state index in [1.165, 1.54) is 12.1 Å². The number of urea groups is 1. The fourth-order valence-electron chi connectivity index (χ4n) is 3.26. The van der Waals surface area contributed by atoms with Gasteiger partial charge in [0.05, 0.1) is 6.54 Å². The Labute approximate surface area is 194 Å². The van der Waals surface area contributed by atoms with E-state index in [4.69, 9.17) is 9.47 Å². The van der Waals surface area contributed by atoms with Crippen LogP contribution in [0.5, 0.6) is 5.75 Å². The van der Waals surface area contributed by atoms with Gasteiger partial charge in [-0.1, -0.05) is 38.0 Å². The van der Waals surface area contributed by atoms with Crippen LogP contribution in [0.3, 0.4) is 0 Å².